The molecule has 11 heteroatoms. The number of hydrogen-bond donors (Lipinski definition) is 0. The molecule has 32 heavy (non-hydrogen) atoms. The molecule has 4 aromatic heterocycles. The fourth-order valence-electron chi connectivity index (χ4n) is 3.60. The molecule has 0 bridgehead atoms. The van der Waals surface area contributed by atoms with E-state index in [1.807, 2.05) is 11.6 Å². The van der Waals surface area contributed by atoms with Gasteiger partial charge in [0.15, 0.2) is 17.0 Å². The Morgan fingerprint density at radius 3 is 2.34 bits per heavy atom. The van der Waals surface area contributed by atoms with Crippen LogP contribution in [0.1, 0.15) is 69.5 Å². The summed E-state index contributed by atoms with van der Waals surface area (Å²) in [4.78, 5) is 17.6. The lowest BCUT2D eigenvalue weighted by Gasteiger charge is -2.11. The van der Waals surface area contributed by atoms with Crippen molar-refractivity contribution in [1.29, 1.82) is 0 Å². The van der Waals surface area contributed by atoms with Gasteiger partial charge in [0.2, 0.25) is 0 Å². The average Bonchev–Trinajstić information content (AvgIpc) is 3.33. The summed E-state index contributed by atoms with van der Waals surface area (Å²) in [7, 11) is 0. The molecule has 0 amide bonds. The number of halogens is 3. The SMILES string of the molecule is CCn1nc(C(F)(F)F)c2ncc(C(C)CCCn3ncc4ncc(C(C)C)nc43)nc21. The van der Waals surface area contributed by atoms with Gasteiger partial charge in [0.1, 0.15) is 11.0 Å². The van der Waals surface area contributed by atoms with Crippen molar-refractivity contribution in [2.45, 2.75) is 71.6 Å². The van der Waals surface area contributed by atoms with E-state index in [1.54, 1.807) is 19.3 Å². The highest BCUT2D eigenvalue weighted by atomic mass is 19.4. The zero-order valence-electron chi connectivity index (χ0n) is 18.4. The van der Waals surface area contributed by atoms with Gasteiger partial charge in [0.25, 0.3) is 0 Å². The summed E-state index contributed by atoms with van der Waals surface area (Å²) in [5.74, 6) is 0.291. The van der Waals surface area contributed by atoms with Gasteiger partial charge >= 0.3 is 6.18 Å². The van der Waals surface area contributed by atoms with Gasteiger partial charge < -0.3 is 0 Å². The molecular formula is C21H25F3N8. The predicted octanol–water partition coefficient (Wildman–Crippen LogP) is 4.71. The highest BCUT2D eigenvalue weighted by Crippen LogP contribution is 2.33. The second-order valence-electron chi connectivity index (χ2n) is 8.20. The number of aromatic nitrogens is 8. The lowest BCUT2D eigenvalue weighted by Crippen LogP contribution is -2.08. The van der Waals surface area contributed by atoms with Crippen LogP contribution >= 0.6 is 0 Å². The first-order valence-electron chi connectivity index (χ1n) is 10.7. The van der Waals surface area contributed by atoms with E-state index in [0.717, 1.165) is 29.7 Å². The first-order valence-corrected chi connectivity index (χ1v) is 10.7. The lowest BCUT2D eigenvalue weighted by molar-refractivity contribution is -0.140. The third-order valence-corrected chi connectivity index (χ3v) is 5.50. The molecule has 0 saturated carbocycles. The van der Waals surface area contributed by atoms with Crippen LogP contribution in [-0.2, 0) is 19.3 Å². The van der Waals surface area contributed by atoms with Crippen molar-refractivity contribution in [3.63, 3.8) is 0 Å². The molecule has 0 N–H and O–H groups in total. The van der Waals surface area contributed by atoms with Crippen LogP contribution in [0.3, 0.4) is 0 Å². The largest absolute Gasteiger partial charge is 0.437 e. The Kier molecular flexibility index (Phi) is 5.83. The van der Waals surface area contributed by atoms with Crippen LogP contribution in [0, 0.1) is 0 Å². The molecule has 0 radical (unpaired) electrons. The molecule has 8 nitrogen and oxygen atoms in total. The Morgan fingerprint density at radius 1 is 0.938 bits per heavy atom. The number of aryl methyl sites for hydroxylation is 2. The third-order valence-electron chi connectivity index (χ3n) is 5.50. The minimum atomic E-state index is -4.56. The molecule has 0 aliphatic heterocycles. The maximum Gasteiger partial charge on any atom is 0.437 e. The van der Waals surface area contributed by atoms with Crippen molar-refractivity contribution in [3.8, 4) is 0 Å². The monoisotopic (exact) mass is 446 g/mol. The second kappa shape index (κ2) is 8.44. The topological polar surface area (TPSA) is 87.2 Å². The van der Waals surface area contributed by atoms with Crippen LogP contribution in [-0.4, -0.2) is 39.5 Å². The molecule has 4 heterocycles. The predicted molar refractivity (Wildman–Crippen MR) is 113 cm³/mol. The van der Waals surface area contributed by atoms with Crippen molar-refractivity contribution in [3.05, 3.63) is 35.7 Å². The number of rotatable bonds is 7. The molecule has 0 aliphatic carbocycles. The molecule has 0 spiro atoms. The number of hydrogen-bond acceptors (Lipinski definition) is 6. The third kappa shape index (κ3) is 4.15. The Bertz CT molecular complexity index is 1240. The van der Waals surface area contributed by atoms with Gasteiger partial charge in [0, 0.05) is 31.4 Å². The van der Waals surface area contributed by atoms with E-state index < -0.39 is 11.9 Å². The summed E-state index contributed by atoms with van der Waals surface area (Å²) < 4.78 is 42.8. The van der Waals surface area contributed by atoms with Crippen LogP contribution in [0.25, 0.3) is 22.3 Å². The zero-order chi connectivity index (χ0) is 23.0. The van der Waals surface area contributed by atoms with Crippen LogP contribution in [0.5, 0.6) is 0 Å². The van der Waals surface area contributed by atoms with E-state index in [0.29, 0.717) is 12.2 Å². The van der Waals surface area contributed by atoms with Gasteiger partial charge in [0.05, 0.1) is 17.6 Å². The maximum absolute atomic E-state index is 13.2. The fourth-order valence-corrected chi connectivity index (χ4v) is 3.60. The van der Waals surface area contributed by atoms with E-state index in [1.165, 1.54) is 10.9 Å². The molecule has 0 fully saturated rings. The molecular weight excluding hydrogens is 421 g/mol. The van der Waals surface area contributed by atoms with Gasteiger partial charge in [-0.1, -0.05) is 20.8 Å². The van der Waals surface area contributed by atoms with Gasteiger partial charge in [-0.25, -0.2) is 29.3 Å². The summed E-state index contributed by atoms with van der Waals surface area (Å²) in [6.07, 6.45) is 1.91. The normalized spacial score (nSPS) is 13.5. The summed E-state index contributed by atoms with van der Waals surface area (Å²) >= 11 is 0. The Hall–Kier alpha value is -3.11. The number of alkyl halides is 3. The fraction of sp³-hybridized carbons (Fsp3) is 0.524. The Labute approximate surface area is 182 Å². The number of fused-ring (bicyclic) bond motifs is 2. The molecule has 170 valence electrons. The van der Waals surface area contributed by atoms with E-state index in [2.05, 4.69) is 44.0 Å². The van der Waals surface area contributed by atoms with Crippen molar-refractivity contribution in [1.82, 2.24) is 39.5 Å². The lowest BCUT2D eigenvalue weighted by atomic mass is 10.0. The molecule has 0 aromatic carbocycles. The van der Waals surface area contributed by atoms with Gasteiger partial charge in [-0.3, -0.25) is 0 Å². The first kappa shape index (κ1) is 22.1. The molecule has 4 aromatic rings. The molecule has 0 aliphatic rings. The Morgan fingerprint density at radius 2 is 1.66 bits per heavy atom. The van der Waals surface area contributed by atoms with Crippen LogP contribution in [0.2, 0.25) is 0 Å². The summed E-state index contributed by atoms with van der Waals surface area (Å²) in [6, 6.07) is 0. The quantitative estimate of drug-likeness (QED) is 0.409. The van der Waals surface area contributed by atoms with Crippen molar-refractivity contribution < 1.29 is 13.2 Å². The van der Waals surface area contributed by atoms with Gasteiger partial charge in [-0.05, 0) is 25.7 Å². The Balaban J connectivity index is 1.49. The second-order valence-corrected chi connectivity index (χ2v) is 8.20. The summed E-state index contributed by atoms with van der Waals surface area (Å²) in [6.45, 7) is 8.80. The smallest absolute Gasteiger partial charge is 0.249 e. The van der Waals surface area contributed by atoms with E-state index in [4.69, 9.17) is 0 Å². The molecule has 1 unspecified atom stereocenters. The standard InChI is InChI=1S/C21H25F3N8/c1-5-31-20-17(18(30-31)21(22,23)24)26-10-15(29-20)13(4)7-6-8-32-19-16(11-27-32)25-9-14(28-19)12(2)3/h9-13H,5-8H2,1-4H3. The molecule has 0 saturated heterocycles. The average molecular weight is 446 g/mol. The maximum atomic E-state index is 13.2. The number of nitrogens with zero attached hydrogens (tertiary/aromatic N) is 8. The highest BCUT2D eigenvalue weighted by Gasteiger charge is 2.38. The van der Waals surface area contributed by atoms with E-state index in [9.17, 15) is 13.2 Å². The highest BCUT2D eigenvalue weighted by molar-refractivity contribution is 5.74. The van der Waals surface area contributed by atoms with Gasteiger partial charge in [-0.2, -0.15) is 23.4 Å². The first-order chi connectivity index (χ1) is 15.2. The minimum absolute atomic E-state index is 0.0144. The van der Waals surface area contributed by atoms with Crippen molar-refractivity contribution in [2.24, 2.45) is 0 Å². The van der Waals surface area contributed by atoms with Gasteiger partial charge in [-0.15, -0.1) is 0 Å². The van der Waals surface area contributed by atoms with E-state index in [-0.39, 0.29) is 29.5 Å². The van der Waals surface area contributed by atoms with E-state index >= 15 is 0 Å². The summed E-state index contributed by atoms with van der Waals surface area (Å²) in [5, 5.41) is 8.07. The molecule has 1 atom stereocenters. The minimum Gasteiger partial charge on any atom is -0.249 e. The van der Waals surface area contributed by atoms with Crippen LogP contribution in [0.4, 0.5) is 13.2 Å². The van der Waals surface area contributed by atoms with Crippen molar-refractivity contribution >= 4 is 22.3 Å². The van der Waals surface area contributed by atoms with Crippen LogP contribution in [0.15, 0.2) is 18.6 Å². The van der Waals surface area contributed by atoms with Crippen LogP contribution < -0.4 is 0 Å². The van der Waals surface area contributed by atoms with Crippen molar-refractivity contribution in [2.75, 3.05) is 0 Å². The summed E-state index contributed by atoms with van der Waals surface area (Å²) in [5.41, 5.74) is 2.05. The molecule has 4 rings (SSSR count). The zero-order valence-corrected chi connectivity index (χ0v) is 18.4.